The van der Waals surface area contributed by atoms with E-state index in [2.05, 4.69) is 0 Å². The summed E-state index contributed by atoms with van der Waals surface area (Å²) in [4.78, 5) is 9.92. The van der Waals surface area contributed by atoms with E-state index < -0.39 is 53.6 Å². The van der Waals surface area contributed by atoms with Crippen molar-refractivity contribution in [3.8, 4) is 0 Å². The summed E-state index contributed by atoms with van der Waals surface area (Å²) < 4.78 is 217. The van der Waals surface area contributed by atoms with E-state index in [-0.39, 0.29) is 0 Å². The molecule has 0 atom stereocenters. The Balaban J connectivity index is 7.79. The van der Waals surface area contributed by atoms with Crippen molar-refractivity contribution in [1.82, 2.24) is 0 Å². The van der Waals surface area contributed by atoms with Gasteiger partial charge in [-0.25, -0.2) is 4.79 Å². The van der Waals surface area contributed by atoms with Gasteiger partial charge in [0, 0.05) is 0 Å². The fraction of sp³-hybridized carbons (Fsp3) is 0.889. The average Bonchev–Trinajstić information content (AvgIpc) is 2.32. The molecule has 0 heterocycles. The van der Waals surface area contributed by atoms with Gasteiger partial charge in [-0.3, -0.25) is 0 Å². The van der Waals surface area contributed by atoms with Crippen molar-refractivity contribution in [2.75, 3.05) is 0 Å². The molecule has 0 aliphatic carbocycles. The quantitative estimate of drug-likeness (QED) is 0.563. The molecule has 168 valence electrons. The fourth-order valence-electron chi connectivity index (χ4n) is 1.85. The van der Waals surface area contributed by atoms with Crippen LogP contribution in [0.1, 0.15) is 0 Å². The Hall–Kier alpha value is -1.72. The van der Waals surface area contributed by atoms with Gasteiger partial charge < -0.3 is 5.11 Å². The first-order valence-corrected chi connectivity index (χ1v) is 5.64. The Morgan fingerprint density at radius 3 is 0.929 bits per heavy atom. The lowest BCUT2D eigenvalue weighted by Gasteiger charge is -2.49. The van der Waals surface area contributed by atoms with E-state index in [1.807, 2.05) is 0 Å². The first-order chi connectivity index (χ1) is 11.7. The minimum absolute atomic E-state index is 4.67. The van der Waals surface area contributed by atoms with Crippen LogP contribution in [0.4, 0.5) is 74.6 Å². The molecule has 0 aromatic heterocycles. The van der Waals surface area contributed by atoms with Gasteiger partial charge in [-0.15, -0.1) is 0 Å². The number of hydrogen-bond donors (Lipinski definition) is 1. The lowest BCUT2D eigenvalue weighted by atomic mass is 9.68. The molecule has 0 unspecified atom stereocenters. The average molecular weight is 464 g/mol. The molecule has 1 N–H and O–H groups in total. The van der Waals surface area contributed by atoms with Gasteiger partial charge in [0.1, 0.15) is 0 Å². The van der Waals surface area contributed by atoms with Crippen LogP contribution in [0.5, 0.6) is 0 Å². The van der Waals surface area contributed by atoms with Crippen molar-refractivity contribution < 1.29 is 84.5 Å². The number of rotatable bonds is 5. The number of hydrogen-bond acceptors (Lipinski definition) is 1. The smallest absolute Gasteiger partial charge is 0.459 e. The lowest BCUT2D eigenvalue weighted by Crippen LogP contribution is -2.79. The van der Waals surface area contributed by atoms with Gasteiger partial charge in [-0.1, -0.05) is 0 Å². The number of carbonyl (C=O) groups is 1. The molecule has 0 saturated heterocycles. The zero-order chi connectivity index (χ0) is 23.6. The molecule has 0 aliphatic heterocycles. The Labute approximate surface area is 139 Å². The van der Waals surface area contributed by atoms with Crippen LogP contribution in [0.2, 0.25) is 0 Å². The standard InChI is InChI=1S/C9HF17O2/c10-2(11,1(27)28)4(12,13)3(7(18,19)20,8(21,22)23)5(14,15)6(16,17)9(24,25)26/h(H,27,28). The Kier molecular flexibility index (Phi) is 5.76. The summed E-state index contributed by atoms with van der Waals surface area (Å²) in [6.07, 6.45) is -25.5. The van der Waals surface area contributed by atoms with E-state index in [0.717, 1.165) is 0 Å². The molecule has 0 saturated carbocycles. The molecule has 2 nitrogen and oxygen atoms in total. The monoisotopic (exact) mass is 464 g/mol. The number of halogens is 17. The van der Waals surface area contributed by atoms with E-state index in [9.17, 15) is 79.4 Å². The lowest BCUT2D eigenvalue weighted by molar-refractivity contribution is -0.509. The van der Waals surface area contributed by atoms with E-state index in [0.29, 0.717) is 0 Å². The first-order valence-electron chi connectivity index (χ1n) is 5.64. The summed E-state index contributed by atoms with van der Waals surface area (Å²) in [5, 5.41) is 7.68. The van der Waals surface area contributed by atoms with E-state index in [1.54, 1.807) is 0 Å². The van der Waals surface area contributed by atoms with Crippen LogP contribution in [0.25, 0.3) is 0 Å². The molecule has 19 heteroatoms. The molecule has 0 aliphatic rings. The van der Waals surface area contributed by atoms with Gasteiger partial charge in [0.15, 0.2) is 0 Å². The highest BCUT2D eigenvalue weighted by atomic mass is 19.4. The maximum Gasteiger partial charge on any atom is 0.459 e. The normalized spacial score (nSPS) is 16.3. The highest BCUT2D eigenvalue weighted by Crippen LogP contribution is 2.72. The van der Waals surface area contributed by atoms with Gasteiger partial charge >= 0.3 is 48.2 Å². The minimum Gasteiger partial charge on any atom is -0.477 e. The fourth-order valence-corrected chi connectivity index (χ4v) is 1.85. The summed E-state index contributed by atoms with van der Waals surface area (Å²) in [7, 11) is 0. The topological polar surface area (TPSA) is 37.3 Å². The van der Waals surface area contributed by atoms with Crippen molar-refractivity contribution in [1.29, 1.82) is 0 Å². The van der Waals surface area contributed by atoms with Crippen LogP contribution >= 0.6 is 0 Å². The number of aliphatic carboxylic acids is 1. The van der Waals surface area contributed by atoms with Crippen LogP contribution in [0, 0.1) is 5.41 Å². The molecule has 0 aromatic rings. The van der Waals surface area contributed by atoms with Gasteiger partial charge in [0.2, 0.25) is 0 Å². The van der Waals surface area contributed by atoms with Crippen LogP contribution in [0.3, 0.4) is 0 Å². The second-order valence-electron chi connectivity index (χ2n) is 4.85. The maximum atomic E-state index is 13.4. The molecule has 0 amide bonds. The predicted octanol–water partition coefficient (Wildman–Crippen LogP) is 5.29. The Morgan fingerprint density at radius 1 is 0.464 bits per heavy atom. The highest BCUT2D eigenvalue weighted by Gasteiger charge is 3.02. The highest BCUT2D eigenvalue weighted by molar-refractivity contribution is 5.77. The zero-order valence-corrected chi connectivity index (χ0v) is 11.8. The molecule has 28 heavy (non-hydrogen) atoms. The minimum atomic E-state index is -9.19. The van der Waals surface area contributed by atoms with E-state index >= 15 is 0 Å². The second kappa shape index (κ2) is 6.14. The van der Waals surface area contributed by atoms with Gasteiger partial charge in [0.05, 0.1) is 0 Å². The Bertz CT molecular complexity index is 592. The molecule has 0 spiro atoms. The van der Waals surface area contributed by atoms with Crippen LogP contribution in [-0.4, -0.2) is 53.3 Å². The molecular formula is C9HF17O2. The maximum absolute atomic E-state index is 13.4. The van der Waals surface area contributed by atoms with Gasteiger partial charge in [-0.2, -0.15) is 74.6 Å². The van der Waals surface area contributed by atoms with Crippen molar-refractivity contribution in [2.45, 2.75) is 42.2 Å². The van der Waals surface area contributed by atoms with Crippen LogP contribution in [0.15, 0.2) is 0 Å². The molecule has 0 radical (unpaired) electrons. The predicted molar refractivity (Wildman–Crippen MR) is 48.0 cm³/mol. The Morgan fingerprint density at radius 2 is 0.750 bits per heavy atom. The van der Waals surface area contributed by atoms with Crippen molar-refractivity contribution in [3.05, 3.63) is 0 Å². The van der Waals surface area contributed by atoms with E-state index in [1.165, 1.54) is 0 Å². The van der Waals surface area contributed by atoms with Gasteiger partial charge in [0.25, 0.3) is 5.41 Å². The summed E-state index contributed by atoms with van der Waals surface area (Å²) in [5.74, 6) is -39.1. The molecule has 0 bridgehead atoms. The van der Waals surface area contributed by atoms with Crippen LogP contribution < -0.4 is 0 Å². The van der Waals surface area contributed by atoms with Crippen molar-refractivity contribution >= 4 is 5.97 Å². The summed E-state index contributed by atoms with van der Waals surface area (Å²) in [5.41, 5.74) is -9.19. The van der Waals surface area contributed by atoms with Crippen molar-refractivity contribution in [3.63, 3.8) is 0 Å². The van der Waals surface area contributed by atoms with E-state index in [4.69, 9.17) is 5.11 Å². The van der Waals surface area contributed by atoms with Crippen LogP contribution in [-0.2, 0) is 4.79 Å². The van der Waals surface area contributed by atoms with Crippen molar-refractivity contribution in [2.24, 2.45) is 5.41 Å². The largest absolute Gasteiger partial charge is 0.477 e. The van der Waals surface area contributed by atoms with Gasteiger partial charge in [-0.05, 0) is 0 Å². The SMILES string of the molecule is O=C(O)C(F)(F)C(F)(F)C(C(F)(F)F)(C(F)(F)F)C(F)(F)C(F)(F)C(F)(F)F. The molecule has 0 aromatic carbocycles. The first kappa shape index (κ1) is 26.3. The number of alkyl halides is 17. The summed E-state index contributed by atoms with van der Waals surface area (Å²) in [6, 6.07) is 0. The third-order valence-corrected chi connectivity index (χ3v) is 3.21. The third kappa shape index (κ3) is 2.91. The number of carboxylic acids is 1. The summed E-state index contributed by atoms with van der Waals surface area (Å²) >= 11 is 0. The third-order valence-electron chi connectivity index (χ3n) is 3.21. The number of carboxylic acid groups (broad SMARTS) is 1. The molecule has 0 fully saturated rings. The second-order valence-corrected chi connectivity index (χ2v) is 4.85. The zero-order valence-electron chi connectivity index (χ0n) is 11.8. The summed E-state index contributed by atoms with van der Waals surface area (Å²) in [6.45, 7) is 0. The molecular weight excluding hydrogens is 463 g/mol. The molecule has 0 rings (SSSR count).